The monoisotopic (exact) mass is 332 g/mol. The molecule has 0 bridgehead atoms. The zero-order valence-electron chi connectivity index (χ0n) is 10.1. The number of aromatic nitrogens is 1. The second-order valence-electron chi connectivity index (χ2n) is 5.42. The van der Waals surface area contributed by atoms with E-state index in [1.54, 1.807) is 0 Å². The molecule has 1 aliphatic heterocycles. The molecule has 2 aliphatic rings. The lowest BCUT2D eigenvalue weighted by Gasteiger charge is -2.52. The quantitative estimate of drug-likeness (QED) is 0.869. The molecule has 3 N–H and O–H groups in total. The molecule has 1 aliphatic carbocycles. The van der Waals surface area contributed by atoms with E-state index < -0.39 is 5.54 Å². The van der Waals surface area contributed by atoms with Crippen molar-refractivity contribution in [3.05, 3.63) is 15.0 Å². The van der Waals surface area contributed by atoms with Gasteiger partial charge in [-0.15, -0.1) is 11.3 Å². The number of hydrogen-bond donors (Lipinski definition) is 2. The Hall–Kier alpha value is -0.0100. The second kappa shape index (κ2) is 4.52. The van der Waals surface area contributed by atoms with E-state index in [0.717, 1.165) is 28.9 Å². The van der Waals surface area contributed by atoms with Gasteiger partial charge >= 0.3 is 0 Å². The van der Waals surface area contributed by atoms with Gasteiger partial charge in [0.25, 0.3) is 0 Å². The van der Waals surface area contributed by atoms with Gasteiger partial charge in [0.1, 0.15) is 9.61 Å². The molecule has 1 saturated heterocycles. The highest BCUT2D eigenvalue weighted by atomic mass is 79.9. The number of halogens is 1. The van der Waals surface area contributed by atoms with Crippen molar-refractivity contribution in [1.29, 1.82) is 0 Å². The molecule has 0 unspecified atom stereocenters. The highest BCUT2D eigenvalue weighted by Crippen LogP contribution is 2.49. The van der Waals surface area contributed by atoms with Gasteiger partial charge in [-0.2, -0.15) is 0 Å². The third kappa shape index (κ3) is 1.94. The molecule has 0 radical (unpaired) electrons. The summed E-state index contributed by atoms with van der Waals surface area (Å²) in [6, 6.07) is 0. The van der Waals surface area contributed by atoms with Gasteiger partial charge in [-0.3, -0.25) is 0 Å². The maximum absolute atomic E-state index is 9.68. The fourth-order valence-electron chi connectivity index (χ4n) is 2.93. The maximum atomic E-state index is 9.68. The van der Waals surface area contributed by atoms with E-state index in [2.05, 4.69) is 20.9 Å². The number of thiazole rings is 1. The Morgan fingerprint density at radius 3 is 2.89 bits per heavy atom. The Morgan fingerprint density at radius 2 is 2.39 bits per heavy atom. The van der Waals surface area contributed by atoms with Gasteiger partial charge < -0.3 is 15.6 Å². The smallest absolute Gasteiger partial charge is 0.117 e. The molecule has 1 aromatic rings. The van der Waals surface area contributed by atoms with Gasteiger partial charge in [-0.05, 0) is 41.6 Å². The molecular formula is C12H17BrN2O2S. The number of hydrogen-bond acceptors (Lipinski definition) is 5. The molecule has 2 heterocycles. The van der Waals surface area contributed by atoms with Crippen molar-refractivity contribution < 1.29 is 9.84 Å². The Balaban J connectivity index is 1.87. The van der Waals surface area contributed by atoms with Crippen LogP contribution >= 0.6 is 27.3 Å². The Kier molecular flexibility index (Phi) is 3.27. The number of aliphatic hydroxyl groups is 1. The SMILES string of the molecule is N[C@@]1(c2nc(Br)cs2)COC2(CCC2)C[C@H]1CO. The van der Waals surface area contributed by atoms with Crippen molar-refractivity contribution in [2.75, 3.05) is 13.2 Å². The first kappa shape index (κ1) is 13.0. The predicted octanol–water partition coefficient (Wildman–Crippen LogP) is 2.01. The third-order valence-electron chi connectivity index (χ3n) is 4.32. The van der Waals surface area contributed by atoms with Crippen LogP contribution in [0.5, 0.6) is 0 Å². The Labute approximate surface area is 119 Å². The summed E-state index contributed by atoms with van der Waals surface area (Å²) in [6.07, 6.45) is 4.26. The lowest BCUT2D eigenvalue weighted by atomic mass is 9.67. The Bertz CT molecular complexity index is 449. The third-order valence-corrected chi connectivity index (χ3v) is 6.07. The summed E-state index contributed by atoms with van der Waals surface area (Å²) < 4.78 is 6.83. The molecule has 100 valence electrons. The minimum absolute atomic E-state index is 0.00917. The minimum atomic E-state index is -0.647. The highest BCUT2D eigenvalue weighted by Gasteiger charge is 2.52. The molecule has 2 atom stereocenters. The van der Waals surface area contributed by atoms with Crippen molar-refractivity contribution in [2.24, 2.45) is 11.7 Å². The highest BCUT2D eigenvalue weighted by molar-refractivity contribution is 9.10. The average Bonchev–Trinajstić information content (AvgIpc) is 2.75. The van der Waals surface area contributed by atoms with Gasteiger partial charge in [-0.25, -0.2) is 4.98 Å². The van der Waals surface area contributed by atoms with Gasteiger partial charge in [0.2, 0.25) is 0 Å². The summed E-state index contributed by atoms with van der Waals surface area (Å²) in [5.74, 6) is 0.0320. The van der Waals surface area contributed by atoms with E-state index in [1.165, 1.54) is 17.8 Å². The molecule has 6 heteroatoms. The van der Waals surface area contributed by atoms with Crippen molar-refractivity contribution in [3.63, 3.8) is 0 Å². The number of aliphatic hydroxyl groups excluding tert-OH is 1. The van der Waals surface area contributed by atoms with Gasteiger partial charge in [0, 0.05) is 17.9 Å². The first-order valence-electron chi connectivity index (χ1n) is 6.23. The summed E-state index contributed by atoms with van der Waals surface area (Å²) >= 11 is 4.88. The van der Waals surface area contributed by atoms with Crippen LogP contribution < -0.4 is 5.73 Å². The minimum Gasteiger partial charge on any atom is -0.396 e. The number of ether oxygens (including phenoxy) is 1. The van der Waals surface area contributed by atoms with Crippen LogP contribution in [0.15, 0.2) is 9.98 Å². The lowest BCUT2D eigenvalue weighted by molar-refractivity contribution is -0.179. The lowest BCUT2D eigenvalue weighted by Crippen LogP contribution is -2.60. The van der Waals surface area contributed by atoms with Crippen molar-refractivity contribution in [3.8, 4) is 0 Å². The molecule has 1 spiro atoms. The van der Waals surface area contributed by atoms with E-state index in [0.29, 0.717) is 6.61 Å². The molecule has 2 fully saturated rings. The van der Waals surface area contributed by atoms with E-state index >= 15 is 0 Å². The van der Waals surface area contributed by atoms with E-state index in [4.69, 9.17) is 10.5 Å². The first-order valence-corrected chi connectivity index (χ1v) is 7.90. The molecule has 18 heavy (non-hydrogen) atoms. The van der Waals surface area contributed by atoms with Crippen LogP contribution in [0.3, 0.4) is 0 Å². The zero-order chi connectivity index (χ0) is 12.8. The molecule has 1 aromatic heterocycles. The van der Waals surface area contributed by atoms with Crippen LogP contribution in [0.1, 0.15) is 30.7 Å². The Morgan fingerprint density at radius 1 is 1.61 bits per heavy atom. The van der Waals surface area contributed by atoms with Gasteiger partial charge in [-0.1, -0.05) is 0 Å². The zero-order valence-corrected chi connectivity index (χ0v) is 12.5. The van der Waals surface area contributed by atoms with Crippen LogP contribution in [-0.2, 0) is 10.3 Å². The molecule has 0 aromatic carbocycles. The van der Waals surface area contributed by atoms with Crippen LogP contribution in [0.4, 0.5) is 0 Å². The fraction of sp³-hybridized carbons (Fsp3) is 0.750. The normalized spacial score (nSPS) is 34.5. The standard InChI is InChI=1S/C12H17BrN2O2S/c13-9-6-18-10(15-9)12(14)7-17-11(2-1-3-11)4-8(12)5-16/h6,8,16H,1-5,7,14H2/t8-,12-/m0/s1. The van der Waals surface area contributed by atoms with Crippen molar-refractivity contribution in [2.45, 2.75) is 36.8 Å². The van der Waals surface area contributed by atoms with Gasteiger partial charge in [0.15, 0.2) is 0 Å². The van der Waals surface area contributed by atoms with Gasteiger partial charge in [0.05, 0.1) is 17.7 Å². The summed E-state index contributed by atoms with van der Waals surface area (Å²) in [5, 5.41) is 12.4. The molecule has 0 amide bonds. The van der Waals surface area contributed by atoms with Crippen LogP contribution in [-0.4, -0.2) is 28.9 Å². The first-order chi connectivity index (χ1) is 8.58. The van der Waals surface area contributed by atoms with Crippen molar-refractivity contribution >= 4 is 27.3 Å². The maximum Gasteiger partial charge on any atom is 0.117 e. The molecule has 3 rings (SSSR count). The topological polar surface area (TPSA) is 68.4 Å². The summed E-state index contributed by atoms with van der Waals surface area (Å²) in [6.45, 7) is 0.553. The van der Waals surface area contributed by atoms with E-state index in [-0.39, 0.29) is 18.1 Å². The molecule has 1 saturated carbocycles. The van der Waals surface area contributed by atoms with E-state index in [9.17, 15) is 5.11 Å². The second-order valence-corrected chi connectivity index (χ2v) is 7.10. The van der Waals surface area contributed by atoms with Crippen LogP contribution in [0.2, 0.25) is 0 Å². The largest absolute Gasteiger partial charge is 0.396 e. The molecular weight excluding hydrogens is 316 g/mol. The average molecular weight is 333 g/mol. The van der Waals surface area contributed by atoms with E-state index in [1.807, 2.05) is 5.38 Å². The number of rotatable bonds is 2. The predicted molar refractivity (Wildman–Crippen MR) is 73.4 cm³/mol. The number of nitrogens with two attached hydrogens (primary N) is 1. The fourth-order valence-corrected chi connectivity index (χ4v) is 4.36. The summed E-state index contributed by atoms with van der Waals surface area (Å²) in [4.78, 5) is 4.41. The summed E-state index contributed by atoms with van der Waals surface area (Å²) in [7, 11) is 0. The summed E-state index contributed by atoms with van der Waals surface area (Å²) in [5.41, 5.74) is 5.83. The number of nitrogens with zero attached hydrogens (tertiary/aromatic N) is 1. The van der Waals surface area contributed by atoms with Crippen LogP contribution in [0.25, 0.3) is 0 Å². The van der Waals surface area contributed by atoms with Crippen molar-refractivity contribution in [1.82, 2.24) is 4.98 Å². The molecule has 4 nitrogen and oxygen atoms in total. The van der Waals surface area contributed by atoms with Crippen LogP contribution in [0, 0.1) is 5.92 Å².